The summed E-state index contributed by atoms with van der Waals surface area (Å²) in [4.78, 5) is 24.5. The first-order valence-electron chi connectivity index (χ1n) is 5.28. The van der Waals surface area contributed by atoms with Crippen molar-refractivity contribution in [3.05, 3.63) is 28.8 Å². The van der Waals surface area contributed by atoms with E-state index in [1.165, 1.54) is 12.0 Å². The molecule has 0 aromatic heterocycles. The van der Waals surface area contributed by atoms with Gasteiger partial charge in [0.2, 0.25) is 0 Å². The van der Waals surface area contributed by atoms with E-state index < -0.39 is 5.97 Å². The van der Waals surface area contributed by atoms with Crippen LogP contribution in [0.2, 0.25) is 0 Å². The van der Waals surface area contributed by atoms with Gasteiger partial charge in [-0.25, -0.2) is 9.59 Å². The average Bonchev–Trinajstić information content (AvgIpc) is 2.33. The number of hydrogen-bond donors (Lipinski definition) is 1. The highest BCUT2D eigenvalue weighted by atomic mass is 16.5. The molecular weight excluding hydrogens is 220 g/mol. The molecule has 0 saturated carbocycles. The maximum absolute atomic E-state index is 11.5. The zero-order chi connectivity index (χ0) is 12.6. The number of methoxy groups -OCH3 is 1. The van der Waals surface area contributed by atoms with Crippen LogP contribution < -0.4 is 10.2 Å². The van der Waals surface area contributed by atoms with Gasteiger partial charge in [0.25, 0.3) is 0 Å². The van der Waals surface area contributed by atoms with Crippen LogP contribution in [-0.4, -0.2) is 26.2 Å². The summed E-state index contributed by atoms with van der Waals surface area (Å²) in [6.45, 7) is 2.41. The molecule has 1 N–H and O–H groups in total. The standard InChI is InChI=1S/C12H14N2O3/c1-7-4-8(11(15)17-3)5-10-9(7)6-13-12(16)14(10)2/h4-5H,6H2,1-3H3,(H,13,16). The van der Waals surface area contributed by atoms with Crippen LogP contribution in [-0.2, 0) is 11.3 Å². The van der Waals surface area contributed by atoms with Gasteiger partial charge in [-0.15, -0.1) is 0 Å². The van der Waals surface area contributed by atoms with Gasteiger partial charge >= 0.3 is 12.0 Å². The second kappa shape index (κ2) is 4.08. The third-order valence-corrected chi connectivity index (χ3v) is 2.95. The number of anilines is 1. The minimum absolute atomic E-state index is 0.168. The summed E-state index contributed by atoms with van der Waals surface area (Å²) in [6.07, 6.45) is 0. The van der Waals surface area contributed by atoms with E-state index in [2.05, 4.69) is 10.1 Å². The van der Waals surface area contributed by atoms with Crippen molar-refractivity contribution in [2.24, 2.45) is 0 Å². The summed E-state index contributed by atoms with van der Waals surface area (Å²) >= 11 is 0. The number of urea groups is 1. The largest absolute Gasteiger partial charge is 0.465 e. The molecule has 17 heavy (non-hydrogen) atoms. The number of carbonyl (C=O) groups excluding carboxylic acids is 2. The van der Waals surface area contributed by atoms with Crippen molar-refractivity contribution in [1.82, 2.24) is 5.32 Å². The topological polar surface area (TPSA) is 58.6 Å². The lowest BCUT2D eigenvalue weighted by Crippen LogP contribution is -2.42. The highest BCUT2D eigenvalue weighted by molar-refractivity contribution is 5.97. The van der Waals surface area contributed by atoms with E-state index in [-0.39, 0.29) is 6.03 Å². The van der Waals surface area contributed by atoms with Gasteiger partial charge in [-0.05, 0) is 30.2 Å². The Kier molecular flexibility index (Phi) is 2.75. The van der Waals surface area contributed by atoms with Gasteiger partial charge in [-0.2, -0.15) is 0 Å². The molecule has 1 aromatic rings. The van der Waals surface area contributed by atoms with E-state index in [4.69, 9.17) is 0 Å². The highest BCUT2D eigenvalue weighted by Gasteiger charge is 2.23. The van der Waals surface area contributed by atoms with Gasteiger partial charge in [0, 0.05) is 13.6 Å². The van der Waals surface area contributed by atoms with Crippen molar-refractivity contribution in [2.45, 2.75) is 13.5 Å². The minimum Gasteiger partial charge on any atom is -0.465 e. The molecular formula is C12H14N2O3. The molecule has 1 aliphatic rings. The number of carbonyl (C=O) groups is 2. The summed E-state index contributed by atoms with van der Waals surface area (Å²) < 4.78 is 4.69. The molecule has 90 valence electrons. The third kappa shape index (κ3) is 1.84. The molecule has 1 aliphatic heterocycles. The summed E-state index contributed by atoms with van der Waals surface area (Å²) in [5.74, 6) is -0.393. The van der Waals surface area contributed by atoms with Crippen LogP contribution in [0, 0.1) is 6.92 Å². The number of esters is 1. The summed E-state index contributed by atoms with van der Waals surface area (Å²) in [5.41, 5.74) is 3.22. The average molecular weight is 234 g/mol. The zero-order valence-electron chi connectivity index (χ0n) is 10.0. The molecule has 0 unspecified atom stereocenters. The minimum atomic E-state index is -0.393. The molecule has 1 aromatic carbocycles. The molecule has 0 aliphatic carbocycles. The van der Waals surface area contributed by atoms with Crippen LogP contribution >= 0.6 is 0 Å². The van der Waals surface area contributed by atoms with E-state index in [1.54, 1.807) is 19.2 Å². The maximum Gasteiger partial charge on any atom is 0.337 e. The monoisotopic (exact) mass is 234 g/mol. The Bertz CT molecular complexity index is 497. The van der Waals surface area contributed by atoms with Crippen molar-refractivity contribution < 1.29 is 14.3 Å². The summed E-state index contributed by atoms with van der Waals surface area (Å²) in [5, 5.41) is 2.76. The van der Waals surface area contributed by atoms with Crippen molar-refractivity contribution in [3.63, 3.8) is 0 Å². The van der Waals surface area contributed by atoms with Crippen LogP contribution in [0.25, 0.3) is 0 Å². The number of hydrogen-bond acceptors (Lipinski definition) is 3. The molecule has 2 amide bonds. The summed E-state index contributed by atoms with van der Waals surface area (Å²) in [6, 6.07) is 3.29. The van der Waals surface area contributed by atoms with Gasteiger partial charge in [-0.3, -0.25) is 4.90 Å². The van der Waals surface area contributed by atoms with Gasteiger partial charge < -0.3 is 10.1 Å². The molecule has 5 heteroatoms. The van der Waals surface area contributed by atoms with Gasteiger partial charge in [0.05, 0.1) is 18.4 Å². The van der Waals surface area contributed by atoms with Crippen LogP contribution in [0.4, 0.5) is 10.5 Å². The quantitative estimate of drug-likeness (QED) is 0.748. The van der Waals surface area contributed by atoms with Crippen LogP contribution in [0.3, 0.4) is 0 Å². The number of fused-ring (bicyclic) bond motifs is 1. The second-order valence-electron chi connectivity index (χ2n) is 4.00. The molecule has 0 spiro atoms. The Labute approximate surface area is 99.4 Å². The van der Waals surface area contributed by atoms with Crippen LogP contribution in [0.1, 0.15) is 21.5 Å². The van der Waals surface area contributed by atoms with E-state index in [9.17, 15) is 9.59 Å². The summed E-state index contributed by atoms with van der Waals surface area (Å²) in [7, 11) is 3.02. The van der Waals surface area contributed by atoms with Crippen LogP contribution in [0.5, 0.6) is 0 Å². The van der Waals surface area contributed by atoms with Gasteiger partial charge in [0.15, 0.2) is 0 Å². The Morgan fingerprint density at radius 1 is 1.47 bits per heavy atom. The normalized spacial score (nSPS) is 14.1. The number of aryl methyl sites for hydroxylation is 1. The lowest BCUT2D eigenvalue weighted by atomic mass is 10.0. The first-order chi connectivity index (χ1) is 8.04. The zero-order valence-corrected chi connectivity index (χ0v) is 10.0. The van der Waals surface area contributed by atoms with Gasteiger partial charge in [0.1, 0.15) is 0 Å². The maximum atomic E-state index is 11.5. The number of rotatable bonds is 1. The Morgan fingerprint density at radius 2 is 2.18 bits per heavy atom. The van der Waals surface area contributed by atoms with Crippen LogP contribution in [0.15, 0.2) is 12.1 Å². The molecule has 0 bridgehead atoms. The number of ether oxygens (including phenoxy) is 1. The smallest absolute Gasteiger partial charge is 0.337 e. The number of nitrogens with zero attached hydrogens (tertiary/aromatic N) is 1. The van der Waals surface area contributed by atoms with Crippen molar-refractivity contribution in [3.8, 4) is 0 Å². The number of nitrogens with one attached hydrogen (secondary N) is 1. The fourth-order valence-electron chi connectivity index (χ4n) is 1.96. The fraction of sp³-hybridized carbons (Fsp3) is 0.333. The second-order valence-corrected chi connectivity index (χ2v) is 4.00. The molecule has 0 saturated heterocycles. The number of benzene rings is 1. The first kappa shape index (κ1) is 11.4. The highest BCUT2D eigenvalue weighted by Crippen LogP contribution is 2.28. The van der Waals surface area contributed by atoms with E-state index in [1.807, 2.05) is 6.92 Å². The van der Waals surface area contributed by atoms with Gasteiger partial charge in [-0.1, -0.05) is 0 Å². The van der Waals surface area contributed by atoms with E-state index >= 15 is 0 Å². The van der Waals surface area contributed by atoms with E-state index in [0.29, 0.717) is 12.1 Å². The Hall–Kier alpha value is -2.04. The van der Waals surface area contributed by atoms with Crippen molar-refractivity contribution >= 4 is 17.7 Å². The van der Waals surface area contributed by atoms with E-state index in [0.717, 1.165) is 16.8 Å². The predicted octanol–water partition coefficient (Wildman–Crippen LogP) is 1.44. The molecule has 0 fully saturated rings. The SMILES string of the molecule is COC(=O)c1cc(C)c2c(c1)N(C)C(=O)NC2. The van der Waals surface area contributed by atoms with Crippen molar-refractivity contribution in [1.29, 1.82) is 0 Å². The Morgan fingerprint density at radius 3 is 2.82 bits per heavy atom. The fourth-order valence-corrected chi connectivity index (χ4v) is 1.96. The van der Waals surface area contributed by atoms with Crippen molar-refractivity contribution in [2.75, 3.05) is 19.1 Å². The predicted molar refractivity (Wildman–Crippen MR) is 63.2 cm³/mol. The lowest BCUT2D eigenvalue weighted by molar-refractivity contribution is 0.0600. The molecule has 2 rings (SSSR count). The molecule has 5 nitrogen and oxygen atoms in total. The molecule has 1 heterocycles. The molecule has 0 atom stereocenters. The molecule has 0 radical (unpaired) electrons. The number of amides is 2. The lowest BCUT2D eigenvalue weighted by Gasteiger charge is -2.28. The third-order valence-electron chi connectivity index (χ3n) is 2.95. The first-order valence-corrected chi connectivity index (χ1v) is 5.28. The Balaban J connectivity index is 2.55.